The Hall–Kier alpha value is -1.45. The first-order chi connectivity index (χ1) is 6.83. The van der Waals surface area contributed by atoms with Crippen molar-refractivity contribution in [1.29, 1.82) is 0 Å². The molecule has 14 heavy (non-hydrogen) atoms. The summed E-state index contributed by atoms with van der Waals surface area (Å²) in [6.07, 6.45) is 1.77. The minimum absolute atomic E-state index is 0.108. The fraction of sp³-hybridized carbons (Fsp3) is 0.182. The van der Waals surface area contributed by atoms with Gasteiger partial charge in [-0.25, -0.2) is 0 Å². The predicted molar refractivity (Wildman–Crippen MR) is 57.7 cm³/mol. The molecule has 1 heterocycles. The summed E-state index contributed by atoms with van der Waals surface area (Å²) in [6, 6.07) is 9.77. The van der Waals surface area contributed by atoms with E-state index in [9.17, 15) is 0 Å². The lowest BCUT2D eigenvalue weighted by Crippen LogP contribution is -2.21. The Kier molecular flexibility index (Phi) is 2.43. The SMILES string of the molecule is NC[C@@H](N)c1ccnc2ccccc12. The number of nitrogens with zero attached hydrogens (tertiary/aromatic N) is 1. The van der Waals surface area contributed by atoms with Crippen molar-refractivity contribution in [3.05, 3.63) is 42.1 Å². The number of para-hydroxylation sites is 1. The molecule has 0 saturated heterocycles. The summed E-state index contributed by atoms with van der Waals surface area (Å²) in [4.78, 5) is 4.26. The van der Waals surface area contributed by atoms with E-state index < -0.39 is 0 Å². The molecule has 72 valence electrons. The third-order valence-corrected chi connectivity index (χ3v) is 2.34. The van der Waals surface area contributed by atoms with E-state index in [1.807, 2.05) is 30.3 Å². The molecular weight excluding hydrogens is 174 g/mol. The van der Waals surface area contributed by atoms with Gasteiger partial charge in [0, 0.05) is 24.2 Å². The van der Waals surface area contributed by atoms with Crippen molar-refractivity contribution in [3.63, 3.8) is 0 Å². The standard InChI is InChI=1S/C11H13N3/c12-7-10(13)8-5-6-14-11-4-2-1-3-9(8)11/h1-6,10H,7,12-13H2/t10-/m1/s1. The average molecular weight is 187 g/mol. The van der Waals surface area contributed by atoms with Crippen LogP contribution in [-0.2, 0) is 0 Å². The third-order valence-electron chi connectivity index (χ3n) is 2.34. The van der Waals surface area contributed by atoms with Crippen LogP contribution in [0.5, 0.6) is 0 Å². The molecule has 1 aromatic carbocycles. The molecule has 1 aromatic heterocycles. The monoisotopic (exact) mass is 187 g/mol. The topological polar surface area (TPSA) is 64.9 Å². The molecule has 0 fully saturated rings. The Morgan fingerprint density at radius 2 is 2.00 bits per heavy atom. The number of benzene rings is 1. The molecule has 4 N–H and O–H groups in total. The summed E-state index contributed by atoms with van der Waals surface area (Å²) in [5, 5.41) is 1.09. The summed E-state index contributed by atoms with van der Waals surface area (Å²) in [6.45, 7) is 0.452. The van der Waals surface area contributed by atoms with E-state index in [0.717, 1.165) is 16.5 Å². The number of fused-ring (bicyclic) bond motifs is 1. The number of aromatic nitrogens is 1. The van der Waals surface area contributed by atoms with Crippen molar-refractivity contribution >= 4 is 10.9 Å². The second kappa shape index (κ2) is 3.74. The summed E-state index contributed by atoms with van der Waals surface area (Å²) in [5.41, 5.74) is 13.5. The predicted octanol–water partition coefficient (Wildman–Crippen LogP) is 1.19. The molecule has 0 aliphatic rings. The van der Waals surface area contributed by atoms with Crippen molar-refractivity contribution < 1.29 is 0 Å². The minimum Gasteiger partial charge on any atom is -0.329 e. The van der Waals surface area contributed by atoms with E-state index in [1.165, 1.54) is 0 Å². The van der Waals surface area contributed by atoms with E-state index in [-0.39, 0.29) is 6.04 Å². The van der Waals surface area contributed by atoms with Gasteiger partial charge in [-0.1, -0.05) is 18.2 Å². The molecule has 2 rings (SSSR count). The number of rotatable bonds is 2. The zero-order chi connectivity index (χ0) is 9.97. The van der Waals surface area contributed by atoms with Gasteiger partial charge in [0.1, 0.15) is 0 Å². The van der Waals surface area contributed by atoms with E-state index >= 15 is 0 Å². The van der Waals surface area contributed by atoms with E-state index in [0.29, 0.717) is 6.54 Å². The smallest absolute Gasteiger partial charge is 0.0705 e. The summed E-state index contributed by atoms with van der Waals surface area (Å²) in [7, 11) is 0. The van der Waals surface area contributed by atoms with Crippen LogP contribution >= 0.6 is 0 Å². The van der Waals surface area contributed by atoms with E-state index in [2.05, 4.69) is 4.98 Å². The van der Waals surface area contributed by atoms with Gasteiger partial charge in [0.2, 0.25) is 0 Å². The number of nitrogens with two attached hydrogens (primary N) is 2. The van der Waals surface area contributed by atoms with Crippen LogP contribution in [0.1, 0.15) is 11.6 Å². The van der Waals surface area contributed by atoms with Gasteiger partial charge in [-0.15, -0.1) is 0 Å². The zero-order valence-electron chi connectivity index (χ0n) is 7.85. The van der Waals surface area contributed by atoms with Gasteiger partial charge in [0.05, 0.1) is 5.52 Å². The molecule has 2 aromatic rings. The maximum Gasteiger partial charge on any atom is 0.0705 e. The molecule has 0 saturated carbocycles. The lowest BCUT2D eigenvalue weighted by molar-refractivity contribution is 0.742. The Bertz CT molecular complexity index is 434. The maximum atomic E-state index is 5.91. The lowest BCUT2D eigenvalue weighted by Gasteiger charge is -2.11. The van der Waals surface area contributed by atoms with Gasteiger partial charge in [0.15, 0.2) is 0 Å². The highest BCUT2D eigenvalue weighted by Crippen LogP contribution is 2.20. The van der Waals surface area contributed by atoms with Crippen LogP contribution in [0, 0.1) is 0 Å². The molecule has 0 bridgehead atoms. The second-order valence-corrected chi connectivity index (χ2v) is 3.26. The van der Waals surface area contributed by atoms with Gasteiger partial charge >= 0.3 is 0 Å². The lowest BCUT2D eigenvalue weighted by atomic mass is 10.0. The molecular formula is C11H13N3. The number of hydrogen-bond acceptors (Lipinski definition) is 3. The number of pyridine rings is 1. The van der Waals surface area contributed by atoms with Crippen molar-refractivity contribution in [2.24, 2.45) is 11.5 Å². The van der Waals surface area contributed by atoms with Gasteiger partial charge in [-0.3, -0.25) is 4.98 Å². The first kappa shape index (κ1) is 9.12. The van der Waals surface area contributed by atoms with Gasteiger partial charge < -0.3 is 11.5 Å². The van der Waals surface area contributed by atoms with Gasteiger partial charge in [0.25, 0.3) is 0 Å². The maximum absolute atomic E-state index is 5.91. The minimum atomic E-state index is -0.108. The quantitative estimate of drug-likeness (QED) is 0.742. The summed E-state index contributed by atoms with van der Waals surface area (Å²) < 4.78 is 0. The zero-order valence-corrected chi connectivity index (χ0v) is 7.85. The van der Waals surface area contributed by atoms with Crippen molar-refractivity contribution in [2.45, 2.75) is 6.04 Å². The highest BCUT2D eigenvalue weighted by molar-refractivity contribution is 5.82. The van der Waals surface area contributed by atoms with Crippen LogP contribution in [0.3, 0.4) is 0 Å². The highest BCUT2D eigenvalue weighted by atomic mass is 14.7. The van der Waals surface area contributed by atoms with E-state index in [1.54, 1.807) is 6.20 Å². The van der Waals surface area contributed by atoms with Crippen LogP contribution in [0.25, 0.3) is 10.9 Å². The molecule has 0 radical (unpaired) electrons. The molecule has 0 aliphatic carbocycles. The molecule has 0 unspecified atom stereocenters. The molecule has 0 spiro atoms. The van der Waals surface area contributed by atoms with Gasteiger partial charge in [-0.2, -0.15) is 0 Å². The third kappa shape index (κ3) is 1.47. The Balaban J connectivity index is 2.65. The van der Waals surface area contributed by atoms with Crippen LogP contribution < -0.4 is 11.5 Å². The van der Waals surface area contributed by atoms with Crippen molar-refractivity contribution in [3.8, 4) is 0 Å². The first-order valence-electron chi connectivity index (χ1n) is 4.62. The van der Waals surface area contributed by atoms with Crippen LogP contribution in [0.15, 0.2) is 36.5 Å². The molecule has 1 atom stereocenters. The fourth-order valence-electron chi connectivity index (χ4n) is 1.57. The molecule has 3 heteroatoms. The van der Waals surface area contributed by atoms with E-state index in [4.69, 9.17) is 11.5 Å². The molecule has 0 amide bonds. The fourth-order valence-corrected chi connectivity index (χ4v) is 1.57. The number of hydrogen-bond donors (Lipinski definition) is 2. The van der Waals surface area contributed by atoms with Crippen molar-refractivity contribution in [1.82, 2.24) is 4.98 Å². The molecule has 0 aliphatic heterocycles. The molecule has 3 nitrogen and oxygen atoms in total. The Morgan fingerprint density at radius 3 is 2.79 bits per heavy atom. The van der Waals surface area contributed by atoms with Crippen LogP contribution in [-0.4, -0.2) is 11.5 Å². The summed E-state index contributed by atoms with van der Waals surface area (Å²) >= 11 is 0. The van der Waals surface area contributed by atoms with Gasteiger partial charge in [-0.05, 0) is 17.7 Å². The second-order valence-electron chi connectivity index (χ2n) is 3.26. The average Bonchev–Trinajstić information content (AvgIpc) is 2.27. The Labute approximate surface area is 82.7 Å². The normalized spacial score (nSPS) is 13.0. The largest absolute Gasteiger partial charge is 0.329 e. The van der Waals surface area contributed by atoms with Crippen LogP contribution in [0.4, 0.5) is 0 Å². The first-order valence-corrected chi connectivity index (χ1v) is 4.62. The Morgan fingerprint density at radius 1 is 1.21 bits per heavy atom. The highest BCUT2D eigenvalue weighted by Gasteiger charge is 2.07. The van der Waals surface area contributed by atoms with Crippen LogP contribution in [0.2, 0.25) is 0 Å². The summed E-state index contributed by atoms with van der Waals surface area (Å²) in [5.74, 6) is 0. The van der Waals surface area contributed by atoms with Crippen molar-refractivity contribution in [2.75, 3.05) is 6.54 Å².